The summed E-state index contributed by atoms with van der Waals surface area (Å²) in [6.45, 7) is 0. The van der Waals surface area contributed by atoms with Gasteiger partial charge in [-0.2, -0.15) is 0 Å². The van der Waals surface area contributed by atoms with Gasteiger partial charge in [-0.3, -0.25) is 4.98 Å². The van der Waals surface area contributed by atoms with Crippen molar-refractivity contribution < 1.29 is 9.90 Å². The first-order valence-corrected chi connectivity index (χ1v) is 6.77. The predicted molar refractivity (Wildman–Crippen MR) is 77.1 cm³/mol. The van der Waals surface area contributed by atoms with E-state index in [1.54, 1.807) is 24.5 Å². The molecule has 0 bridgehead atoms. The normalized spacial score (nSPS) is 10.6. The molecule has 0 radical (unpaired) electrons. The van der Waals surface area contributed by atoms with E-state index in [1.165, 1.54) is 11.8 Å². The summed E-state index contributed by atoms with van der Waals surface area (Å²) in [5, 5.41) is 10.7. The lowest BCUT2D eigenvalue weighted by molar-refractivity contribution is 0.0692. The van der Waals surface area contributed by atoms with E-state index in [0.717, 1.165) is 15.8 Å². The van der Waals surface area contributed by atoms with E-state index in [0.29, 0.717) is 5.03 Å². The maximum atomic E-state index is 11.2. The van der Waals surface area contributed by atoms with Crippen LogP contribution in [0.25, 0.3) is 10.9 Å². The van der Waals surface area contributed by atoms with Gasteiger partial charge in [0.05, 0.1) is 11.1 Å². The number of para-hydroxylation sites is 1. The molecule has 20 heavy (non-hydrogen) atoms. The van der Waals surface area contributed by atoms with Gasteiger partial charge in [0.2, 0.25) is 0 Å². The minimum atomic E-state index is -0.973. The molecule has 0 fully saturated rings. The minimum Gasteiger partial charge on any atom is -0.478 e. The second-order valence-corrected chi connectivity index (χ2v) is 5.12. The van der Waals surface area contributed by atoms with Crippen molar-refractivity contribution in [1.82, 2.24) is 9.97 Å². The lowest BCUT2D eigenvalue weighted by Gasteiger charge is -2.07. The standard InChI is InChI=1S/C15H10N2O2S/c18-15(19)11-5-3-8-17-14(11)20-13-7-9-16-12-6-2-1-4-10(12)13/h1-9H,(H,18,19). The smallest absolute Gasteiger partial charge is 0.338 e. The summed E-state index contributed by atoms with van der Waals surface area (Å²) in [5.74, 6) is -0.973. The maximum Gasteiger partial charge on any atom is 0.338 e. The van der Waals surface area contributed by atoms with Crippen LogP contribution in [0.15, 0.2) is 64.8 Å². The van der Waals surface area contributed by atoms with Crippen LogP contribution in [0.4, 0.5) is 0 Å². The predicted octanol–water partition coefficient (Wildman–Crippen LogP) is 3.48. The summed E-state index contributed by atoms with van der Waals surface area (Å²) < 4.78 is 0. The average molecular weight is 282 g/mol. The Morgan fingerprint density at radius 1 is 1.00 bits per heavy atom. The number of hydrogen-bond donors (Lipinski definition) is 1. The molecule has 0 amide bonds. The molecule has 2 aromatic heterocycles. The highest BCUT2D eigenvalue weighted by molar-refractivity contribution is 7.99. The number of carboxylic acid groups (broad SMARTS) is 1. The van der Waals surface area contributed by atoms with Gasteiger partial charge in [-0.05, 0) is 24.3 Å². The van der Waals surface area contributed by atoms with Crippen LogP contribution in [0.1, 0.15) is 10.4 Å². The SMILES string of the molecule is O=C(O)c1cccnc1Sc1ccnc2ccccc12. The Balaban J connectivity index is 2.08. The summed E-state index contributed by atoms with van der Waals surface area (Å²) in [4.78, 5) is 20.6. The number of rotatable bonds is 3. The molecule has 2 heterocycles. The monoisotopic (exact) mass is 282 g/mol. The Kier molecular flexibility index (Phi) is 3.35. The molecule has 3 aromatic rings. The third-order valence-corrected chi connectivity index (χ3v) is 3.91. The topological polar surface area (TPSA) is 63.1 Å². The van der Waals surface area contributed by atoms with Crippen molar-refractivity contribution in [3.05, 3.63) is 60.4 Å². The minimum absolute atomic E-state index is 0.207. The fourth-order valence-corrected chi connectivity index (χ4v) is 2.90. The quantitative estimate of drug-likeness (QED) is 0.796. The van der Waals surface area contributed by atoms with Gasteiger partial charge >= 0.3 is 5.97 Å². The highest BCUT2D eigenvalue weighted by Crippen LogP contribution is 2.33. The first-order valence-electron chi connectivity index (χ1n) is 5.95. The largest absolute Gasteiger partial charge is 0.478 e. The molecule has 98 valence electrons. The maximum absolute atomic E-state index is 11.2. The van der Waals surface area contributed by atoms with Crippen LogP contribution >= 0.6 is 11.8 Å². The van der Waals surface area contributed by atoms with Crippen molar-refractivity contribution in [3.8, 4) is 0 Å². The number of hydrogen-bond acceptors (Lipinski definition) is 4. The van der Waals surface area contributed by atoms with Crippen LogP contribution in [0.3, 0.4) is 0 Å². The number of pyridine rings is 2. The first kappa shape index (κ1) is 12.6. The molecule has 5 heteroatoms. The van der Waals surface area contributed by atoms with Crippen LogP contribution in [0, 0.1) is 0 Å². The third kappa shape index (κ3) is 2.35. The second kappa shape index (κ2) is 5.30. The number of nitrogens with zero attached hydrogens (tertiary/aromatic N) is 2. The number of carboxylic acids is 1. The molecule has 0 spiro atoms. The lowest BCUT2D eigenvalue weighted by Crippen LogP contribution is -2.00. The zero-order chi connectivity index (χ0) is 13.9. The third-order valence-electron chi connectivity index (χ3n) is 2.82. The molecule has 0 saturated heterocycles. The van der Waals surface area contributed by atoms with Crippen molar-refractivity contribution in [3.63, 3.8) is 0 Å². The molecule has 1 aromatic carbocycles. The lowest BCUT2D eigenvalue weighted by atomic mass is 10.2. The Morgan fingerprint density at radius 3 is 2.70 bits per heavy atom. The van der Waals surface area contributed by atoms with Crippen LogP contribution in [0.2, 0.25) is 0 Å². The van der Waals surface area contributed by atoms with Crippen LogP contribution in [-0.4, -0.2) is 21.0 Å². The van der Waals surface area contributed by atoms with E-state index in [9.17, 15) is 9.90 Å². The van der Waals surface area contributed by atoms with Crippen molar-refractivity contribution in [2.24, 2.45) is 0 Å². The van der Waals surface area contributed by atoms with Crippen LogP contribution in [-0.2, 0) is 0 Å². The average Bonchev–Trinajstić information content (AvgIpc) is 2.48. The molecule has 0 saturated carbocycles. The summed E-state index contributed by atoms with van der Waals surface area (Å²) in [6, 6.07) is 12.8. The fraction of sp³-hybridized carbons (Fsp3) is 0. The van der Waals surface area contributed by atoms with Gasteiger partial charge in [0, 0.05) is 22.7 Å². The van der Waals surface area contributed by atoms with Crippen molar-refractivity contribution in [1.29, 1.82) is 0 Å². The van der Waals surface area contributed by atoms with Crippen LogP contribution in [0.5, 0.6) is 0 Å². The molecular weight excluding hydrogens is 272 g/mol. The zero-order valence-electron chi connectivity index (χ0n) is 10.4. The highest BCUT2D eigenvalue weighted by atomic mass is 32.2. The molecule has 0 unspecified atom stereocenters. The van der Waals surface area contributed by atoms with Gasteiger partial charge in [0.1, 0.15) is 5.03 Å². The molecule has 0 atom stereocenters. The van der Waals surface area contributed by atoms with E-state index in [2.05, 4.69) is 9.97 Å². The summed E-state index contributed by atoms with van der Waals surface area (Å²) in [5.41, 5.74) is 1.09. The molecule has 1 N–H and O–H groups in total. The van der Waals surface area contributed by atoms with E-state index in [1.807, 2.05) is 30.3 Å². The van der Waals surface area contributed by atoms with E-state index >= 15 is 0 Å². The van der Waals surface area contributed by atoms with Crippen molar-refractivity contribution in [2.75, 3.05) is 0 Å². The molecule has 3 rings (SSSR count). The molecule has 4 nitrogen and oxygen atoms in total. The zero-order valence-corrected chi connectivity index (χ0v) is 11.2. The van der Waals surface area contributed by atoms with Crippen molar-refractivity contribution in [2.45, 2.75) is 9.92 Å². The van der Waals surface area contributed by atoms with Gasteiger partial charge in [-0.1, -0.05) is 30.0 Å². The van der Waals surface area contributed by atoms with E-state index in [4.69, 9.17) is 0 Å². The van der Waals surface area contributed by atoms with E-state index < -0.39 is 5.97 Å². The number of aromatic carboxylic acids is 1. The molecule has 0 aliphatic heterocycles. The van der Waals surface area contributed by atoms with Crippen LogP contribution < -0.4 is 0 Å². The Morgan fingerprint density at radius 2 is 1.85 bits per heavy atom. The van der Waals surface area contributed by atoms with Gasteiger partial charge in [-0.25, -0.2) is 9.78 Å². The molecule has 0 aliphatic rings. The Bertz CT molecular complexity index is 784. The van der Waals surface area contributed by atoms with Crippen molar-refractivity contribution >= 4 is 28.6 Å². The Hall–Kier alpha value is -2.40. The summed E-state index contributed by atoms with van der Waals surface area (Å²) in [7, 11) is 0. The van der Waals surface area contributed by atoms with Gasteiger partial charge in [0.25, 0.3) is 0 Å². The summed E-state index contributed by atoms with van der Waals surface area (Å²) >= 11 is 1.34. The highest BCUT2D eigenvalue weighted by Gasteiger charge is 2.13. The number of carbonyl (C=O) groups is 1. The first-order chi connectivity index (χ1) is 9.75. The number of fused-ring (bicyclic) bond motifs is 1. The second-order valence-electron chi connectivity index (χ2n) is 4.09. The molecular formula is C15H10N2O2S. The number of benzene rings is 1. The van der Waals surface area contributed by atoms with E-state index in [-0.39, 0.29) is 5.56 Å². The fourth-order valence-electron chi connectivity index (χ4n) is 1.90. The molecule has 0 aliphatic carbocycles. The van der Waals surface area contributed by atoms with Gasteiger partial charge in [-0.15, -0.1) is 0 Å². The summed E-state index contributed by atoms with van der Waals surface area (Å²) in [6.07, 6.45) is 3.31. The van der Waals surface area contributed by atoms with Gasteiger partial charge in [0.15, 0.2) is 0 Å². The Labute approximate surface area is 119 Å². The number of aromatic nitrogens is 2. The van der Waals surface area contributed by atoms with Gasteiger partial charge < -0.3 is 5.11 Å².